The van der Waals surface area contributed by atoms with E-state index in [1.165, 1.54) is 60.9 Å². The third-order valence-corrected chi connectivity index (χ3v) is 12.5. The number of benzene rings is 2. The maximum Gasteiger partial charge on any atom is 0.234 e. The molecule has 4 aliphatic rings. The minimum absolute atomic E-state index is 0.193. The molecule has 3 fully saturated rings. The van der Waals surface area contributed by atoms with Gasteiger partial charge in [-0.05, 0) is 115 Å². The van der Waals surface area contributed by atoms with Gasteiger partial charge in [-0.2, -0.15) is 0 Å². The van der Waals surface area contributed by atoms with Gasteiger partial charge in [-0.3, -0.25) is 14.9 Å². The zero-order valence-corrected chi connectivity index (χ0v) is 32.3. The fourth-order valence-electron chi connectivity index (χ4n) is 9.28. The molecule has 6 rings (SSSR count). The van der Waals surface area contributed by atoms with Crippen molar-refractivity contribution in [2.45, 2.75) is 97.3 Å². The molecule has 2 aromatic rings. The molecule has 2 amide bonds. The van der Waals surface area contributed by atoms with Crippen LogP contribution in [0.2, 0.25) is 0 Å². The first kappa shape index (κ1) is 37.6. The average molecular weight is 704 g/mol. The number of amidine groups is 1. The Bertz CT molecular complexity index is 1690. The number of amides is 2. The quantitative estimate of drug-likeness (QED) is 0.216. The highest BCUT2D eigenvalue weighted by Gasteiger charge is 2.37. The van der Waals surface area contributed by atoms with E-state index in [1.54, 1.807) is 0 Å². The van der Waals surface area contributed by atoms with Crippen molar-refractivity contribution < 1.29 is 9.59 Å². The third kappa shape index (κ3) is 8.56. The number of piperidine rings is 1. The second-order valence-electron chi connectivity index (χ2n) is 16.3. The Hall–Kier alpha value is -4.13. The van der Waals surface area contributed by atoms with Crippen molar-refractivity contribution in [3.63, 3.8) is 0 Å². The van der Waals surface area contributed by atoms with Gasteiger partial charge in [0.1, 0.15) is 5.84 Å². The van der Waals surface area contributed by atoms with Crippen LogP contribution in [0, 0.1) is 29.6 Å². The number of rotatable bonds is 12. The average Bonchev–Trinajstić information content (AvgIpc) is 3.25. The second-order valence-corrected chi connectivity index (χ2v) is 16.3. The summed E-state index contributed by atoms with van der Waals surface area (Å²) in [7, 11) is 4.10. The molecule has 1 saturated carbocycles. The van der Waals surface area contributed by atoms with Gasteiger partial charge in [0.05, 0.1) is 5.92 Å². The van der Waals surface area contributed by atoms with Crippen LogP contribution in [0.5, 0.6) is 0 Å². The van der Waals surface area contributed by atoms with Gasteiger partial charge >= 0.3 is 0 Å². The lowest BCUT2D eigenvalue weighted by molar-refractivity contribution is -0.134. The van der Waals surface area contributed by atoms with E-state index in [4.69, 9.17) is 4.99 Å². The van der Waals surface area contributed by atoms with Gasteiger partial charge in [0.15, 0.2) is 0 Å². The Morgan fingerprint density at radius 2 is 1.71 bits per heavy atom. The number of carbonyl (C=O) groups excluding carboxylic acids is 2. The Morgan fingerprint density at radius 3 is 2.37 bits per heavy atom. The molecule has 278 valence electrons. The van der Waals surface area contributed by atoms with Crippen molar-refractivity contribution in [1.82, 2.24) is 10.2 Å². The van der Waals surface area contributed by atoms with Crippen LogP contribution < -0.4 is 15.5 Å². The summed E-state index contributed by atoms with van der Waals surface area (Å²) < 4.78 is 0. The Morgan fingerprint density at radius 1 is 0.981 bits per heavy atom. The lowest BCUT2D eigenvalue weighted by Gasteiger charge is -2.47. The molecule has 0 bridgehead atoms. The van der Waals surface area contributed by atoms with Gasteiger partial charge in [-0.1, -0.05) is 64.6 Å². The standard InChI is InChI=1S/C45H61N5O2/c1-8-10-36-26-46-43(23-29(3)39(36)9-2)47-38-18-11-32(12-19-38)24-30(4)50-27-37(28-50)34-15-13-33(14-16-34)35-17-20-40(42(25-35)49(6)7)31(5)41-21-22-44(51)48-45(41)52/h11-12,17-20,25-26,29,33-34,37,39,41H,4-5,8-10,13-16,21-24,27-28H2,1-3,6-7H3,(H,46,47)(H,48,51,52). The molecule has 0 spiro atoms. The topological polar surface area (TPSA) is 77.0 Å². The number of imide groups is 1. The molecule has 3 aliphatic heterocycles. The predicted octanol–water partition coefficient (Wildman–Crippen LogP) is 9.34. The van der Waals surface area contributed by atoms with Crippen LogP contribution in [0.25, 0.3) is 5.57 Å². The van der Waals surface area contributed by atoms with Crippen LogP contribution in [0.4, 0.5) is 11.4 Å². The molecule has 2 saturated heterocycles. The molecule has 0 aromatic heterocycles. The zero-order chi connectivity index (χ0) is 36.9. The van der Waals surface area contributed by atoms with E-state index >= 15 is 0 Å². The van der Waals surface area contributed by atoms with E-state index in [-0.39, 0.29) is 17.7 Å². The van der Waals surface area contributed by atoms with Crippen molar-refractivity contribution in [3.05, 3.63) is 89.8 Å². The third-order valence-electron chi connectivity index (χ3n) is 12.5. The van der Waals surface area contributed by atoms with Crippen LogP contribution in [-0.2, 0) is 16.0 Å². The summed E-state index contributed by atoms with van der Waals surface area (Å²) in [6.45, 7) is 18.0. The van der Waals surface area contributed by atoms with E-state index in [0.717, 1.165) is 72.5 Å². The Kier molecular flexibility index (Phi) is 12.1. The minimum atomic E-state index is -0.361. The summed E-state index contributed by atoms with van der Waals surface area (Å²) in [5.41, 5.74) is 9.41. The number of carbonyl (C=O) groups is 2. The number of nitrogens with one attached hydrogen (secondary N) is 2. The van der Waals surface area contributed by atoms with Crippen molar-refractivity contribution in [2.24, 2.45) is 34.6 Å². The first-order chi connectivity index (χ1) is 25.0. The van der Waals surface area contributed by atoms with Gasteiger partial charge in [0, 0.05) is 75.3 Å². The Labute approximate surface area is 312 Å². The molecule has 3 unspecified atom stereocenters. The first-order valence-corrected chi connectivity index (χ1v) is 19.9. The lowest BCUT2D eigenvalue weighted by atomic mass is 9.71. The largest absolute Gasteiger partial charge is 0.377 e. The molecule has 0 radical (unpaired) electrons. The van der Waals surface area contributed by atoms with Gasteiger partial charge < -0.3 is 15.1 Å². The maximum absolute atomic E-state index is 12.6. The number of hydrogen-bond donors (Lipinski definition) is 2. The monoisotopic (exact) mass is 703 g/mol. The highest BCUT2D eigenvalue weighted by Crippen LogP contribution is 2.44. The number of aliphatic imine (C=N–C) groups is 1. The van der Waals surface area contributed by atoms with Crippen molar-refractivity contribution in [1.29, 1.82) is 0 Å². The smallest absolute Gasteiger partial charge is 0.234 e. The van der Waals surface area contributed by atoms with Crippen LogP contribution in [0.3, 0.4) is 0 Å². The number of anilines is 2. The van der Waals surface area contributed by atoms with E-state index in [1.807, 2.05) is 0 Å². The van der Waals surface area contributed by atoms with Gasteiger partial charge in [-0.15, -0.1) is 0 Å². The van der Waals surface area contributed by atoms with Crippen LogP contribution >= 0.6 is 0 Å². The van der Waals surface area contributed by atoms with E-state index in [2.05, 4.69) is 117 Å². The fraction of sp³-hybridized carbons (Fsp3) is 0.533. The summed E-state index contributed by atoms with van der Waals surface area (Å²) >= 11 is 0. The van der Waals surface area contributed by atoms with Crippen LogP contribution in [0.1, 0.15) is 108 Å². The molecular weight excluding hydrogens is 643 g/mol. The number of nitrogens with zero attached hydrogens (tertiary/aromatic N) is 3. The maximum atomic E-state index is 12.6. The van der Waals surface area contributed by atoms with E-state index in [9.17, 15) is 9.59 Å². The molecule has 2 N–H and O–H groups in total. The van der Waals surface area contributed by atoms with E-state index < -0.39 is 0 Å². The molecular formula is C45H61N5O2. The summed E-state index contributed by atoms with van der Waals surface area (Å²) in [5, 5.41) is 6.10. The molecule has 3 heterocycles. The number of allylic oxidation sites excluding steroid dienone is 2. The molecule has 7 heteroatoms. The predicted molar refractivity (Wildman–Crippen MR) is 216 cm³/mol. The molecule has 1 aliphatic carbocycles. The molecule has 52 heavy (non-hydrogen) atoms. The van der Waals surface area contributed by atoms with Gasteiger partial charge in [0.2, 0.25) is 11.8 Å². The summed E-state index contributed by atoms with van der Waals surface area (Å²) in [6.07, 6.45) is 13.3. The van der Waals surface area contributed by atoms with Crippen molar-refractivity contribution in [2.75, 3.05) is 37.4 Å². The fourth-order valence-corrected chi connectivity index (χ4v) is 9.28. The summed E-state index contributed by atoms with van der Waals surface area (Å²) in [5.74, 6) is 3.58. The van der Waals surface area contributed by atoms with Crippen LogP contribution in [-0.4, -0.2) is 49.7 Å². The summed E-state index contributed by atoms with van der Waals surface area (Å²) in [4.78, 5) is 33.8. The minimum Gasteiger partial charge on any atom is -0.377 e. The summed E-state index contributed by atoms with van der Waals surface area (Å²) in [6, 6.07) is 15.6. The van der Waals surface area contributed by atoms with E-state index in [0.29, 0.717) is 30.6 Å². The van der Waals surface area contributed by atoms with Crippen LogP contribution in [0.15, 0.2) is 78.1 Å². The SMILES string of the molecule is C=C(c1ccc(C2CCC(C3CN(C(=C)Cc4ccc(NC5=NC=C(CCC)C(CC)C(C)C5)cc4)C3)CC2)cc1N(C)C)C1CCC(=O)NC1=O. The normalized spacial score (nSPS) is 25.3. The van der Waals surface area contributed by atoms with Gasteiger partial charge in [-0.25, -0.2) is 4.99 Å². The first-order valence-electron chi connectivity index (χ1n) is 19.9. The van der Waals surface area contributed by atoms with Crippen molar-refractivity contribution in [3.8, 4) is 0 Å². The number of hydrogen-bond acceptors (Lipinski definition) is 6. The Balaban J connectivity index is 0.964. The molecule has 3 atom stereocenters. The molecule has 2 aromatic carbocycles. The van der Waals surface area contributed by atoms with Gasteiger partial charge in [0.25, 0.3) is 0 Å². The van der Waals surface area contributed by atoms with Crippen molar-refractivity contribution >= 4 is 34.6 Å². The highest BCUT2D eigenvalue weighted by molar-refractivity contribution is 6.04. The second kappa shape index (κ2) is 16.7. The zero-order valence-electron chi connectivity index (χ0n) is 32.3. The molecule has 7 nitrogen and oxygen atoms in total. The lowest BCUT2D eigenvalue weighted by Crippen LogP contribution is -2.49. The highest BCUT2D eigenvalue weighted by atomic mass is 16.2. The number of likely N-dealkylation sites (tertiary alicyclic amines) is 1.